The van der Waals surface area contributed by atoms with Crippen molar-refractivity contribution < 1.29 is 57.7 Å². The molecule has 0 aromatic rings. The summed E-state index contributed by atoms with van der Waals surface area (Å²) in [5.74, 6) is -6.60. The molecule has 1 saturated heterocycles. The summed E-state index contributed by atoms with van der Waals surface area (Å²) in [5.41, 5.74) is 0. The van der Waals surface area contributed by atoms with Crippen LogP contribution in [0, 0.1) is 0 Å². The summed E-state index contributed by atoms with van der Waals surface area (Å²) in [5, 5.41) is -6.72. The van der Waals surface area contributed by atoms with Crippen molar-refractivity contribution in [2.75, 3.05) is 47.4 Å². The summed E-state index contributed by atoms with van der Waals surface area (Å²) in [6, 6.07) is 0.426. The lowest BCUT2D eigenvalue weighted by Crippen LogP contribution is -2.55. The van der Waals surface area contributed by atoms with Gasteiger partial charge in [-0.2, -0.15) is 30.7 Å². The van der Waals surface area contributed by atoms with Gasteiger partial charge in [0.15, 0.2) is 10.1 Å². The van der Waals surface area contributed by atoms with Gasteiger partial charge in [-0.15, -0.1) is 0 Å². The summed E-state index contributed by atoms with van der Waals surface area (Å²) in [6.07, 6.45) is -5.08. The lowest BCUT2D eigenvalue weighted by molar-refractivity contribution is -0.890. The summed E-state index contributed by atoms with van der Waals surface area (Å²) in [6.45, 7) is 5.78. The fourth-order valence-electron chi connectivity index (χ4n) is 2.37. The first kappa shape index (κ1) is 28.8. The van der Waals surface area contributed by atoms with Crippen molar-refractivity contribution >= 4 is 16.0 Å². The van der Waals surface area contributed by atoms with Crippen LogP contribution in [-0.4, -0.2) is 99.1 Å². The molecule has 0 saturated carbocycles. The Morgan fingerprint density at radius 1 is 1.13 bits per heavy atom. The van der Waals surface area contributed by atoms with E-state index in [2.05, 4.69) is 21.0 Å². The SMILES string of the molecule is COCC[N+](C)(C)CCN1C(=O)CCC1C.O=S(=O)([O-])C(F)(F)C(F)(F)C(F)(F)F. The van der Waals surface area contributed by atoms with Gasteiger partial charge < -0.3 is 18.7 Å². The molecule has 1 heterocycles. The maximum atomic E-state index is 11.8. The van der Waals surface area contributed by atoms with Gasteiger partial charge >= 0.3 is 17.4 Å². The second-order valence-electron chi connectivity index (χ2n) is 7.39. The largest absolute Gasteiger partial charge is 0.743 e. The number of nitrogens with zero attached hydrogens (tertiary/aromatic N) is 2. The van der Waals surface area contributed by atoms with Gasteiger partial charge in [-0.05, 0) is 13.3 Å². The highest BCUT2D eigenvalue weighted by Crippen LogP contribution is 2.48. The number of likely N-dealkylation sites (N-methyl/N-ethyl adjacent to an activating group) is 1. The van der Waals surface area contributed by atoms with E-state index in [1.54, 1.807) is 7.11 Å². The van der Waals surface area contributed by atoms with Crippen LogP contribution in [0.25, 0.3) is 0 Å². The highest BCUT2D eigenvalue weighted by Gasteiger charge is 2.76. The van der Waals surface area contributed by atoms with E-state index < -0.39 is 27.5 Å². The van der Waals surface area contributed by atoms with Gasteiger partial charge in [-0.1, -0.05) is 0 Å². The van der Waals surface area contributed by atoms with E-state index >= 15 is 0 Å². The minimum absolute atomic E-state index is 0.319. The molecule has 1 amide bonds. The number of hydrogen-bond donors (Lipinski definition) is 0. The van der Waals surface area contributed by atoms with Crippen LogP contribution in [0.15, 0.2) is 0 Å². The van der Waals surface area contributed by atoms with Crippen LogP contribution in [0.4, 0.5) is 30.7 Å². The second-order valence-corrected chi connectivity index (χ2v) is 8.81. The minimum Gasteiger partial charge on any atom is -0.743 e. The molecule has 1 aliphatic rings. The van der Waals surface area contributed by atoms with Gasteiger partial charge in [0.05, 0.1) is 33.8 Å². The third kappa shape index (κ3) is 7.20. The number of alkyl halides is 7. The van der Waals surface area contributed by atoms with Gasteiger partial charge in [0.2, 0.25) is 5.91 Å². The van der Waals surface area contributed by atoms with Gasteiger partial charge in [0.25, 0.3) is 0 Å². The monoisotopic (exact) mass is 478 g/mol. The quantitative estimate of drug-likeness (QED) is 0.303. The molecule has 1 unspecified atom stereocenters. The zero-order valence-corrected chi connectivity index (χ0v) is 17.6. The first-order chi connectivity index (χ1) is 13.2. The highest BCUT2D eigenvalue weighted by molar-refractivity contribution is 7.86. The number of likely N-dealkylation sites (tertiary alicyclic amines) is 1. The van der Waals surface area contributed by atoms with Crippen molar-refractivity contribution in [2.24, 2.45) is 0 Å². The number of hydrogen-bond acceptors (Lipinski definition) is 5. The standard InChI is InChI=1S/C12H25N2O2.C3HF7O3S/c1-11-5-6-12(15)13(11)7-8-14(2,3)9-10-16-4;4-1(5,2(6,7)8)3(9,10)14(11,12)13/h11H,5-10H2,1-4H3;(H,11,12,13)/q+1;/p-1. The average Bonchev–Trinajstić information content (AvgIpc) is 2.88. The van der Waals surface area contributed by atoms with Crippen LogP contribution in [-0.2, 0) is 19.6 Å². The van der Waals surface area contributed by atoms with E-state index in [1.165, 1.54) is 0 Å². The lowest BCUT2D eigenvalue weighted by Gasteiger charge is -2.32. The van der Waals surface area contributed by atoms with Crippen molar-refractivity contribution in [2.45, 2.75) is 43.2 Å². The fraction of sp³-hybridized carbons (Fsp3) is 0.933. The Labute approximate surface area is 170 Å². The molecule has 1 rings (SSSR count). The molecule has 0 N–H and O–H groups in total. The molecule has 0 aliphatic carbocycles. The van der Waals surface area contributed by atoms with Crippen molar-refractivity contribution in [1.82, 2.24) is 4.90 Å². The number of ether oxygens (including phenoxy) is 1. The molecule has 30 heavy (non-hydrogen) atoms. The zero-order valence-electron chi connectivity index (χ0n) is 16.8. The van der Waals surface area contributed by atoms with Crippen LogP contribution in [0.2, 0.25) is 0 Å². The Bertz CT molecular complexity index is 683. The first-order valence-corrected chi connectivity index (χ1v) is 10.0. The molecule has 0 bridgehead atoms. The van der Waals surface area contributed by atoms with Crippen LogP contribution in [0.1, 0.15) is 19.8 Å². The molecule has 0 spiro atoms. The van der Waals surface area contributed by atoms with E-state index in [9.17, 15) is 48.5 Å². The number of carbonyl (C=O) groups is 1. The molecule has 7 nitrogen and oxygen atoms in total. The van der Waals surface area contributed by atoms with E-state index in [-0.39, 0.29) is 0 Å². The topological polar surface area (TPSA) is 86.7 Å². The van der Waals surface area contributed by atoms with Crippen molar-refractivity contribution in [3.8, 4) is 0 Å². The number of rotatable bonds is 8. The molecular weight excluding hydrogens is 453 g/mol. The summed E-state index contributed by atoms with van der Waals surface area (Å²) >= 11 is 0. The number of carbonyl (C=O) groups excluding carboxylic acids is 1. The Morgan fingerprint density at radius 2 is 1.63 bits per heavy atom. The van der Waals surface area contributed by atoms with Crippen LogP contribution in [0.5, 0.6) is 0 Å². The Balaban J connectivity index is 0.000000567. The number of halogens is 7. The third-order valence-electron chi connectivity index (χ3n) is 4.51. The third-order valence-corrected chi connectivity index (χ3v) is 5.40. The van der Waals surface area contributed by atoms with Crippen LogP contribution >= 0.6 is 0 Å². The van der Waals surface area contributed by atoms with E-state index in [0.29, 0.717) is 11.9 Å². The molecule has 1 aliphatic heterocycles. The molecule has 0 aromatic heterocycles. The fourth-order valence-corrected chi connectivity index (χ4v) is 2.80. The number of amides is 1. The van der Waals surface area contributed by atoms with Gasteiger partial charge in [0, 0.05) is 19.6 Å². The zero-order chi connectivity index (χ0) is 24.2. The molecule has 15 heteroatoms. The first-order valence-electron chi connectivity index (χ1n) is 8.59. The van der Waals surface area contributed by atoms with Crippen molar-refractivity contribution in [1.29, 1.82) is 0 Å². The Kier molecular flexibility index (Phi) is 9.56. The Morgan fingerprint density at radius 3 is 1.93 bits per heavy atom. The molecule has 1 atom stereocenters. The molecule has 0 radical (unpaired) electrons. The van der Waals surface area contributed by atoms with Crippen LogP contribution < -0.4 is 0 Å². The maximum Gasteiger partial charge on any atom is 0.461 e. The highest BCUT2D eigenvalue weighted by atomic mass is 32.2. The molecule has 1 fully saturated rings. The van der Waals surface area contributed by atoms with E-state index in [1.807, 2.05) is 4.90 Å². The van der Waals surface area contributed by atoms with Gasteiger partial charge in [0.1, 0.15) is 6.54 Å². The van der Waals surface area contributed by atoms with E-state index in [4.69, 9.17) is 4.74 Å². The van der Waals surface area contributed by atoms with Gasteiger partial charge in [-0.3, -0.25) is 4.79 Å². The summed E-state index contributed by atoms with van der Waals surface area (Å²) in [7, 11) is -0.999. The normalized spacial score (nSPS) is 19.0. The molecular formula is C15H25F7N2O5S. The summed E-state index contributed by atoms with van der Waals surface area (Å²) in [4.78, 5) is 13.6. The van der Waals surface area contributed by atoms with Crippen LogP contribution in [0.3, 0.4) is 0 Å². The molecule has 0 aromatic carbocycles. The predicted octanol–water partition coefficient (Wildman–Crippen LogP) is 2.04. The van der Waals surface area contributed by atoms with Gasteiger partial charge in [-0.25, -0.2) is 8.42 Å². The summed E-state index contributed by atoms with van der Waals surface area (Å²) < 4.78 is 115. The average molecular weight is 478 g/mol. The maximum absolute atomic E-state index is 11.8. The Hall–Kier alpha value is -1.19. The second kappa shape index (κ2) is 9.96. The van der Waals surface area contributed by atoms with Crippen molar-refractivity contribution in [3.05, 3.63) is 0 Å². The van der Waals surface area contributed by atoms with E-state index in [0.717, 1.165) is 43.6 Å². The minimum atomic E-state index is -7.10. The number of methoxy groups -OCH3 is 1. The van der Waals surface area contributed by atoms with Crippen molar-refractivity contribution in [3.63, 3.8) is 0 Å². The predicted molar refractivity (Wildman–Crippen MR) is 89.8 cm³/mol. The number of quaternary nitrogens is 1. The smallest absolute Gasteiger partial charge is 0.461 e. The molecule has 180 valence electrons. The lowest BCUT2D eigenvalue weighted by atomic mass is 10.2.